The lowest BCUT2D eigenvalue weighted by Gasteiger charge is -2.09. The molecule has 1 aromatic heterocycles. The molecule has 4 nitrogen and oxygen atoms in total. The van der Waals surface area contributed by atoms with Crippen LogP contribution in [-0.4, -0.2) is 23.5 Å². The molecule has 16 heavy (non-hydrogen) atoms. The van der Waals surface area contributed by atoms with Crippen LogP contribution in [0.4, 0.5) is 0 Å². The number of carbonyl (C=O) groups excluding carboxylic acids is 1. The van der Waals surface area contributed by atoms with Gasteiger partial charge < -0.3 is 10.4 Å². The van der Waals surface area contributed by atoms with E-state index in [-0.39, 0.29) is 18.2 Å². The van der Waals surface area contributed by atoms with E-state index in [1.54, 1.807) is 18.3 Å². The largest absolute Gasteiger partial charge is 0.481 e. The fraction of sp³-hybridized carbons (Fsp3) is 0.455. The van der Waals surface area contributed by atoms with Crippen LogP contribution in [0.25, 0.3) is 0 Å². The summed E-state index contributed by atoms with van der Waals surface area (Å²) in [5.74, 6) is -0.926. The third-order valence-corrected chi connectivity index (χ3v) is 2.96. The monoisotopic (exact) mass is 241 g/mol. The average molecular weight is 241 g/mol. The minimum atomic E-state index is -0.833. The summed E-state index contributed by atoms with van der Waals surface area (Å²) in [7, 11) is 0. The first-order valence-electron chi connectivity index (χ1n) is 5.09. The zero-order chi connectivity index (χ0) is 12.0. The van der Waals surface area contributed by atoms with Crippen LogP contribution in [0, 0.1) is 5.92 Å². The molecule has 0 aliphatic carbocycles. The summed E-state index contributed by atoms with van der Waals surface area (Å²) in [6.07, 6.45) is 0.455. The molecule has 1 aromatic rings. The average Bonchev–Trinajstić information content (AvgIpc) is 2.66. The summed E-state index contributed by atoms with van der Waals surface area (Å²) in [5.41, 5.74) is 0. The Bertz CT molecular complexity index is 348. The van der Waals surface area contributed by atoms with Crippen LogP contribution in [0.1, 0.15) is 18.2 Å². The lowest BCUT2D eigenvalue weighted by Crippen LogP contribution is -2.30. The number of aliphatic carboxylic acids is 1. The molecule has 0 bridgehead atoms. The van der Waals surface area contributed by atoms with Crippen molar-refractivity contribution in [3.05, 3.63) is 22.4 Å². The molecule has 1 heterocycles. The molecular formula is C11H15NO3S. The van der Waals surface area contributed by atoms with Crippen molar-refractivity contribution >= 4 is 23.2 Å². The lowest BCUT2D eigenvalue weighted by atomic mass is 10.1. The zero-order valence-corrected chi connectivity index (χ0v) is 9.92. The molecule has 88 valence electrons. The van der Waals surface area contributed by atoms with Gasteiger partial charge in [-0.3, -0.25) is 9.59 Å². The highest BCUT2D eigenvalue weighted by atomic mass is 32.1. The number of carbonyl (C=O) groups is 2. The normalized spacial score (nSPS) is 12.1. The highest BCUT2D eigenvalue weighted by Crippen LogP contribution is 2.09. The van der Waals surface area contributed by atoms with E-state index in [9.17, 15) is 9.59 Å². The standard InChI is InChI=1S/C11H15NO3S/c1-8(5-11(14)15)7-12-10(13)6-9-3-2-4-16-9/h2-4,8H,5-7H2,1H3,(H,12,13)(H,14,15). The van der Waals surface area contributed by atoms with Crippen molar-refractivity contribution in [3.8, 4) is 0 Å². The van der Waals surface area contributed by atoms with Gasteiger partial charge in [-0.25, -0.2) is 0 Å². The van der Waals surface area contributed by atoms with Crippen molar-refractivity contribution in [3.63, 3.8) is 0 Å². The first-order valence-corrected chi connectivity index (χ1v) is 5.96. The van der Waals surface area contributed by atoms with Crippen LogP contribution >= 0.6 is 11.3 Å². The van der Waals surface area contributed by atoms with E-state index in [0.29, 0.717) is 13.0 Å². The molecular weight excluding hydrogens is 226 g/mol. The predicted molar refractivity (Wildman–Crippen MR) is 62.4 cm³/mol. The van der Waals surface area contributed by atoms with Crippen molar-refractivity contribution in [1.29, 1.82) is 0 Å². The smallest absolute Gasteiger partial charge is 0.303 e. The molecule has 1 unspecified atom stereocenters. The molecule has 0 spiro atoms. The van der Waals surface area contributed by atoms with E-state index in [1.165, 1.54) is 0 Å². The third-order valence-electron chi connectivity index (χ3n) is 2.09. The fourth-order valence-corrected chi connectivity index (χ4v) is 2.00. The Morgan fingerprint density at radius 2 is 2.31 bits per heavy atom. The van der Waals surface area contributed by atoms with Crippen LogP contribution in [0.3, 0.4) is 0 Å². The maximum absolute atomic E-state index is 11.4. The lowest BCUT2D eigenvalue weighted by molar-refractivity contribution is -0.138. The Balaban J connectivity index is 2.22. The van der Waals surface area contributed by atoms with Gasteiger partial charge in [-0.05, 0) is 17.4 Å². The number of rotatable bonds is 6. The van der Waals surface area contributed by atoms with Gasteiger partial charge in [0.1, 0.15) is 0 Å². The van der Waals surface area contributed by atoms with E-state index in [4.69, 9.17) is 5.11 Å². The van der Waals surface area contributed by atoms with E-state index in [0.717, 1.165) is 4.88 Å². The van der Waals surface area contributed by atoms with Crippen molar-refractivity contribution in [2.75, 3.05) is 6.54 Å². The van der Waals surface area contributed by atoms with E-state index >= 15 is 0 Å². The van der Waals surface area contributed by atoms with Crippen LogP contribution in [0.2, 0.25) is 0 Å². The van der Waals surface area contributed by atoms with Crippen molar-refractivity contribution in [2.24, 2.45) is 5.92 Å². The van der Waals surface area contributed by atoms with Crippen molar-refractivity contribution in [2.45, 2.75) is 19.8 Å². The fourth-order valence-electron chi connectivity index (χ4n) is 1.29. The molecule has 1 atom stereocenters. The second kappa shape index (κ2) is 6.27. The summed E-state index contributed by atoms with van der Waals surface area (Å²) in [6, 6.07) is 3.81. The van der Waals surface area contributed by atoms with Gasteiger partial charge in [0, 0.05) is 17.8 Å². The van der Waals surface area contributed by atoms with Crippen molar-refractivity contribution < 1.29 is 14.7 Å². The number of carboxylic acids is 1. The molecule has 0 aliphatic heterocycles. The quantitative estimate of drug-likeness (QED) is 0.793. The highest BCUT2D eigenvalue weighted by molar-refractivity contribution is 7.10. The Morgan fingerprint density at radius 1 is 1.56 bits per heavy atom. The maximum Gasteiger partial charge on any atom is 0.303 e. The molecule has 0 saturated carbocycles. The van der Waals surface area contributed by atoms with Crippen LogP contribution in [-0.2, 0) is 16.0 Å². The van der Waals surface area contributed by atoms with Crippen LogP contribution in [0.5, 0.6) is 0 Å². The minimum absolute atomic E-state index is 0.0372. The van der Waals surface area contributed by atoms with Gasteiger partial charge in [-0.15, -0.1) is 11.3 Å². The molecule has 0 saturated heterocycles. The van der Waals surface area contributed by atoms with E-state index in [2.05, 4.69) is 5.32 Å². The molecule has 2 N–H and O–H groups in total. The van der Waals surface area contributed by atoms with Gasteiger partial charge in [0.05, 0.1) is 6.42 Å². The zero-order valence-electron chi connectivity index (χ0n) is 9.10. The van der Waals surface area contributed by atoms with Gasteiger partial charge in [-0.2, -0.15) is 0 Å². The predicted octanol–water partition coefficient (Wildman–Crippen LogP) is 1.52. The molecule has 0 aliphatic rings. The van der Waals surface area contributed by atoms with Crippen LogP contribution in [0.15, 0.2) is 17.5 Å². The number of thiophene rings is 1. The SMILES string of the molecule is CC(CNC(=O)Cc1cccs1)CC(=O)O. The first-order chi connectivity index (χ1) is 7.58. The molecule has 0 radical (unpaired) electrons. The topological polar surface area (TPSA) is 66.4 Å². The Labute approximate surface area is 98.3 Å². The highest BCUT2D eigenvalue weighted by Gasteiger charge is 2.09. The number of nitrogens with one attached hydrogen (secondary N) is 1. The second-order valence-electron chi connectivity index (χ2n) is 3.76. The molecule has 0 fully saturated rings. The summed E-state index contributed by atoms with van der Waals surface area (Å²) in [6.45, 7) is 2.22. The first kappa shape index (κ1) is 12.7. The Morgan fingerprint density at radius 3 is 2.88 bits per heavy atom. The summed E-state index contributed by atoms with van der Waals surface area (Å²) in [5, 5.41) is 13.2. The summed E-state index contributed by atoms with van der Waals surface area (Å²) >= 11 is 1.54. The van der Waals surface area contributed by atoms with Crippen molar-refractivity contribution in [1.82, 2.24) is 5.32 Å². The van der Waals surface area contributed by atoms with Gasteiger partial charge >= 0.3 is 5.97 Å². The van der Waals surface area contributed by atoms with Gasteiger partial charge in [0.2, 0.25) is 5.91 Å². The number of hydrogen-bond acceptors (Lipinski definition) is 3. The van der Waals surface area contributed by atoms with E-state index < -0.39 is 5.97 Å². The number of amides is 1. The van der Waals surface area contributed by atoms with Gasteiger partial charge in [-0.1, -0.05) is 13.0 Å². The molecule has 1 rings (SSSR count). The van der Waals surface area contributed by atoms with Crippen LogP contribution < -0.4 is 5.32 Å². The maximum atomic E-state index is 11.4. The van der Waals surface area contributed by atoms with Gasteiger partial charge in [0.25, 0.3) is 0 Å². The summed E-state index contributed by atoms with van der Waals surface area (Å²) in [4.78, 5) is 22.9. The Hall–Kier alpha value is -1.36. The van der Waals surface area contributed by atoms with E-state index in [1.807, 2.05) is 17.5 Å². The molecule has 1 amide bonds. The minimum Gasteiger partial charge on any atom is -0.481 e. The third kappa shape index (κ3) is 4.93. The second-order valence-corrected chi connectivity index (χ2v) is 4.80. The Kier molecular flexibility index (Phi) is 4.98. The summed E-state index contributed by atoms with van der Waals surface area (Å²) < 4.78 is 0. The molecule has 0 aromatic carbocycles. The number of hydrogen-bond donors (Lipinski definition) is 2. The number of carboxylic acid groups (broad SMARTS) is 1. The molecule has 5 heteroatoms. The van der Waals surface area contributed by atoms with Gasteiger partial charge in [0.15, 0.2) is 0 Å².